The Morgan fingerprint density at radius 3 is 2.70 bits per heavy atom. The molecule has 162 valence electrons. The van der Waals surface area contributed by atoms with Gasteiger partial charge in [-0.2, -0.15) is 0 Å². The number of rotatable bonds is 7. The van der Waals surface area contributed by atoms with Gasteiger partial charge in [-0.15, -0.1) is 0 Å². The van der Waals surface area contributed by atoms with Crippen molar-refractivity contribution in [2.24, 2.45) is 10.9 Å². The van der Waals surface area contributed by atoms with Crippen molar-refractivity contribution < 1.29 is 4.74 Å². The van der Waals surface area contributed by atoms with Crippen LogP contribution in [0.15, 0.2) is 53.5 Å². The number of aliphatic imine (C=N–C) groups is 1. The van der Waals surface area contributed by atoms with E-state index in [9.17, 15) is 0 Å². The third-order valence-electron chi connectivity index (χ3n) is 5.82. The first-order valence-corrected chi connectivity index (χ1v) is 11.0. The predicted octanol–water partition coefficient (Wildman–Crippen LogP) is 4.23. The molecule has 30 heavy (non-hydrogen) atoms. The third-order valence-corrected chi connectivity index (χ3v) is 6.05. The van der Waals surface area contributed by atoms with Crippen LogP contribution in [0.2, 0.25) is 5.02 Å². The Hall–Kier alpha value is -2.08. The van der Waals surface area contributed by atoms with Gasteiger partial charge in [-0.1, -0.05) is 48.0 Å². The predicted molar refractivity (Wildman–Crippen MR) is 125 cm³/mol. The van der Waals surface area contributed by atoms with Crippen molar-refractivity contribution in [3.8, 4) is 0 Å². The van der Waals surface area contributed by atoms with Gasteiger partial charge >= 0.3 is 0 Å². The van der Waals surface area contributed by atoms with Crippen molar-refractivity contribution in [3.05, 3.63) is 70.2 Å². The number of guanidine groups is 1. The largest absolute Gasteiger partial charge is 0.380 e. The molecule has 0 radical (unpaired) electrons. The smallest absolute Gasteiger partial charge is 0.191 e. The molecule has 2 N–H and O–H groups in total. The third kappa shape index (κ3) is 5.97. The minimum atomic E-state index is 0.352. The molecule has 2 atom stereocenters. The number of ether oxygens (including phenoxy) is 1. The van der Waals surface area contributed by atoms with E-state index in [-0.39, 0.29) is 0 Å². The van der Waals surface area contributed by atoms with Gasteiger partial charge in [-0.25, -0.2) is 0 Å². The average Bonchev–Trinajstić information content (AvgIpc) is 2.75. The van der Waals surface area contributed by atoms with Crippen LogP contribution in [0.5, 0.6) is 0 Å². The van der Waals surface area contributed by atoms with Crippen LogP contribution in [0.4, 0.5) is 0 Å². The van der Waals surface area contributed by atoms with Gasteiger partial charge in [0, 0.05) is 38.3 Å². The zero-order chi connectivity index (χ0) is 21.3. The molecule has 0 saturated carbocycles. The SMILES string of the molecule is CN=C(NCc1ccccc1COC)NCC1CCCN(C)C1c1cccc(Cl)c1. The average molecular weight is 429 g/mol. The van der Waals surface area contributed by atoms with Crippen molar-refractivity contribution in [3.63, 3.8) is 0 Å². The van der Waals surface area contributed by atoms with E-state index in [0.29, 0.717) is 25.1 Å². The molecule has 1 fully saturated rings. The number of likely N-dealkylation sites (tertiary alicyclic amines) is 1. The number of hydrogen-bond donors (Lipinski definition) is 2. The van der Waals surface area contributed by atoms with E-state index in [1.807, 2.05) is 25.2 Å². The maximum Gasteiger partial charge on any atom is 0.191 e. The first kappa shape index (κ1) is 22.6. The molecular formula is C24H33ClN4O. The molecule has 0 aromatic heterocycles. The maximum atomic E-state index is 6.27. The van der Waals surface area contributed by atoms with Crippen LogP contribution in [-0.4, -0.2) is 45.2 Å². The fourth-order valence-corrected chi connectivity index (χ4v) is 4.54. The summed E-state index contributed by atoms with van der Waals surface area (Å²) in [5.41, 5.74) is 3.70. The summed E-state index contributed by atoms with van der Waals surface area (Å²) in [5.74, 6) is 1.31. The van der Waals surface area contributed by atoms with Gasteiger partial charge in [-0.3, -0.25) is 9.89 Å². The highest BCUT2D eigenvalue weighted by Crippen LogP contribution is 2.35. The van der Waals surface area contributed by atoms with Crippen molar-refractivity contribution in [1.29, 1.82) is 0 Å². The normalized spacial score (nSPS) is 20.2. The van der Waals surface area contributed by atoms with Gasteiger partial charge in [0.15, 0.2) is 5.96 Å². The van der Waals surface area contributed by atoms with E-state index in [2.05, 4.69) is 57.9 Å². The molecule has 2 aromatic rings. The van der Waals surface area contributed by atoms with Gasteiger partial charge in [-0.05, 0) is 61.2 Å². The lowest BCUT2D eigenvalue weighted by Crippen LogP contribution is -2.44. The summed E-state index contributed by atoms with van der Waals surface area (Å²) in [6.07, 6.45) is 2.39. The summed E-state index contributed by atoms with van der Waals surface area (Å²) in [6, 6.07) is 16.9. The van der Waals surface area contributed by atoms with E-state index in [1.54, 1.807) is 7.11 Å². The molecule has 2 aromatic carbocycles. The molecule has 0 amide bonds. The van der Waals surface area contributed by atoms with Crippen LogP contribution in [0.25, 0.3) is 0 Å². The van der Waals surface area contributed by atoms with Gasteiger partial charge in [0.1, 0.15) is 0 Å². The highest BCUT2D eigenvalue weighted by Gasteiger charge is 2.30. The summed E-state index contributed by atoms with van der Waals surface area (Å²) >= 11 is 6.27. The molecular weight excluding hydrogens is 396 g/mol. The first-order valence-electron chi connectivity index (χ1n) is 10.6. The number of nitrogens with zero attached hydrogens (tertiary/aromatic N) is 2. The Bertz CT molecular complexity index is 841. The lowest BCUT2D eigenvalue weighted by atomic mass is 9.85. The molecule has 0 bridgehead atoms. The van der Waals surface area contributed by atoms with Crippen molar-refractivity contribution in [2.75, 3.05) is 34.3 Å². The monoisotopic (exact) mass is 428 g/mol. The molecule has 1 heterocycles. The summed E-state index contributed by atoms with van der Waals surface area (Å²) < 4.78 is 5.31. The molecule has 1 aliphatic heterocycles. The Balaban J connectivity index is 1.62. The maximum absolute atomic E-state index is 6.27. The van der Waals surface area contributed by atoms with Crippen molar-refractivity contribution in [1.82, 2.24) is 15.5 Å². The van der Waals surface area contributed by atoms with Crippen LogP contribution in [0, 0.1) is 5.92 Å². The lowest BCUT2D eigenvalue weighted by Gasteiger charge is -2.40. The van der Waals surface area contributed by atoms with Crippen LogP contribution in [0.3, 0.4) is 0 Å². The fourth-order valence-electron chi connectivity index (χ4n) is 4.34. The Labute approximate surface area is 185 Å². The Morgan fingerprint density at radius 2 is 1.97 bits per heavy atom. The topological polar surface area (TPSA) is 48.9 Å². The van der Waals surface area contributed by atoms with Crippen LogP contribution in [-0.2, 0) is 17.9 Å². The second kappa shape index (κ2) is 11.3. The second-order valence-corrected chi connectivity index (χ2v) is 8.33. The van der Waals surface area contributed by atoms with E-state index >= 15 is 0 Å². The number of hydrogen-bond acceptors (Lipinski definition) is 3. The van der Waals surface area contributed by atoms with E-state index in [4.69, 9.17) is 16.3 Å². The van der Waals surface area contributed by atoms with Crippen LogP contribution < -0.4 is 10.6 Å². The van der Waals surface area contributed by atoms with Crippen molar-refractivity contribution in [2.45, 2.75) is 32.0 Å². The molecule has 3 rings (SSSR count). The number of methoxy groups -OCH3 is 1. The fraction of sp³-hybridized carbons (Fsp3) is 0.458. The standard InChI is InChI=1S/C24H33ClN4O/c1-26-24(27-15-19-8-4-5-9-21(19)17-30-3)28-16-20-11-7-13-29(2)23(20)18-10-6-12-22(25)14-18/h4-6,8-10,12,14,20,23H,7,11,13,15-17H2,1-3H3,(H2,26,27,28). The second-order valence-electron chi connectivity index (χ2n) is 7.89. The number of nitrogens with one attached hydrogen (secondary N) is 2. The summed E-state index contributed by atoms with van der Waals surface area (Å²) in [6.45, 7) is 3.29. The highest BCUT2D eigenvalue weighted by atomic mass is 35.5. The zero-order valence-electron chi connectivity index (χ0n) is 18.2. The summed E-state index contributed by atoms with van der Waals surface area (Å²) in [4.78, 5) is 6.87. The quantitative estimate of drug-likeness (QED) is 0.511. The molecule has 1 aliphatic rings. The summed E-state index contributed by atoms with van der Waals surface area (Å²) in [7, 11) is 5.75. The van der Waals surface area contributed by atoms with E-state index in [0.717, 1.165) is 24.1 Å². The number of halogens is 1. The molecule has 5 nitrogen and oxygen atoms in total. The molecule has 2 unspecified atom stereocenters. The van der Waals surface area contributed by atoms with Crippen molar-refractivity contribution >= 4 is 17.6 Å². The minimum absolute atomic E-state index is 0.352. The summed E-state index contributed by atoms with van der Waals surface area (Å²) in [5, 5.41) is 7.79. The van der Waals surface area contributed by atoms with Gasteiger partial charge in [0.05, 0.1) is 6.61 Å². The van der Waals surface area contributed by atoms with Gasteiger partial charge in [0.25, 0.3) is 0 Å². The molecule has 6 heteroatoms. The van der Waals surface area contributed by atoms with E-state index in [1.165, 1.54) is 29.5 Å². The number of benzene rings is 2. The minimum Gasteiger partial charge on any atom is -0.380 e. The van der Waals surface area contributed by atoms with Crippen LogP contribution >= 0.6 is 11.6 Å². The molecule has 1 saturated heterocycles. The first-order chi connectivity index (χ1) is 14.6. The lowest BCUT2D eigenvalue weighted by molar-refractivity contribution is 0.122. The van der Waals surface area contributed by atoms with Gasteiger partial charge in [0.2, 0.25) is 0 Å². The Morgan fingerprint density at radius 1 is 1.17 bits per heavy atom. The number of piperidine rings is 1. The van der Waals surface area contributed by atoms with E-state index < -0.39 is 0 Å². The molecule has 0 aliphatic carbocycles. The zero-order valence-corrected chi connectivity index (χ0v) is 19.0. The molecule has 0 spiro atoms. The van der Waals surface area contributed by atoms with Gasteiger partial charge < -0.3 is 15.4 Å². The van der Waals surface area contributed by atoms with Crippen LogP contribution in [0.1, 0.15) is 35.6 Å². The Kier molecular flexibility index (Phi) is 8.55. The highest BCUT2D eigenvalue weighted by molar-refractivity contribution is 6.30.